The van der Waals surface area contributed by atoms with E-state index in [1.807, 2.05) is 97.9 Å². The molecule has 0 aliphatic rings. The van der Waals surface area contributed by atoms with Gasteiger partial charge in [-0.3, -0.25) is 4.79 Å². The molecule has 0 aliphatic heterocycles. The van der Waals surface area contributed by atoms with Gasteiger partial charge in [0.1, 0.15) is 11.5 Å². The molecule has 5 rings (SSSR count). The van der Waals surface area contributed by atoms with Gasteiger partial charge in [-0.2, -0.15) is 0 Å². The van der Waals surface area contributed by atoms with Crippen molar-refractivity contribution in [3.8, 4) is 11.5 Å². The van der Waals surface area contributed by atoms with Crippen LogP contribution in [-0.4, -0.2) is 20.7 Å². The predicted molar refractivity (Wildman–Crippen MR) is 147 cm³/mol. The molecule has 0 bridgehead atoms. The van der Waals surface area contributed by atoms with Crippen LogP contribution in [0.25, 0.3) is 11.0 Å². The number of amides is 1. The van der Waals surface area contributed by atoms with E-state index in [1.54, 1.807) is 0 Å². The van der Waals surface area contributed by atoms with E-state index in [0.717, 1.165) is 27.5 Å². The number of anilines is 1. The van der Waals surface area contributed by atoms with Gasteiger partial charge in [-0.1, -0.05) is 71.9 Å². The second kappa shape index (κ2) is 10.9. The van der Waals surface area contributed by atoms with Gasteiger partial charge < -0.3 is 14.6 Å². The number of ether oxygens (including phenoxy) is 1. The highest BCUT2D eigenvalue weighted by Gasteiger charge is 2.20. The summed E-state index contributed by atoms with van der Waals surface area (Å²) in [7, 11) is 0. The highest BCUT2D eigenvalue weighted by molar-refractivity contribution is 8.00. The van der Waals surface area contributed by atoms with Gasteiger partial charge in [0.2, 0.25) is 5.91 Å². The second-order valence-corrected chi connectivity index (χ2v) is 10.0. The van der Waals surface area contributed by atoms with Crippen LogP contribution in [0.5, 0.6) is 11.5 Å². The number of rotatable bonds is 8. The van der Waals surface area contributed by atoms with E-state index in [2.05, 4.69) is 22.0 Å². The molecule has 7 heteroatoms. The fraction of sp³-hybridized carbons (Fsp3) is 0.103. The maximum atomic E-state index is 13.0. The summed E-state index contributed by atoms with van der Waals surface area (Å²) >= 11 is 7.64. The molecule has 0 unspecified atom stereocenters. The van der Waals surface area contributed by atoms with Crippen molar-refractivity contribution in [3.63, 3.8) is 0 Å². The Morgan fingerprint density at radius 2 is 1.61 bits per heavy atom. The van der Waals surface area contributed by atoms with Crippen molar-refractivity contribution < 1.29 is 9.53 Å². The zero-order valence-corrected chi connectivity index (χ0v) is 21.2. The first-order valence-electron chi connectivity index (χ1n) is 11.6. The highest BCUT2D eigenvalue weighted by atomic mass is 35.5. The van der Waals surface area contributed by atoms with Gasteiger partial charge >= 0.3 is 0 Å². The van der Waals surface area contributed by atoms with E-state index in [4.69, 9.17) is 21.3 Å². The van der Waals surface area contributed by atoms with Crippen LogP contribution >= 0.6 is 23.4 Å². The fourth-order valence-corrected chi connectivity index (χ4v) is 4.87. The molecule has 0 aliphatic carbocycles. The Hall–Kier alpha value is -3.74. The van der Waals surface area contributed by atoms with Gasteiger partial charge in [0.25, 0.3) is 0 Å². The van der Waals surface area contributed by atoms with Crippen molar-refractivity contribution >= 4 is 46.0 Å². The van der Waals surface area contributed by atoms with Crippen LogP contribution in [0, 0.1) is 0 Å². The van der Waals surface area contributed by atoms with Gasteiger partial charge in [0.15, 0.2) is 5.16 Å². The first-order valence-corrected chi connectivity index (χ1v) is 12.8. The van der Waals surface area contributed by atoms with Gasteiger partial charge in [0.05, 0.1) is 22.8 Å². The average Bonchev–Trinajstić information content (AvgIpc) is 3.22. The van der Waals surface area contributed by atoms with E-state index in [0.29, 0.717) is 23.0 Å². The summed E-state index contributed by atoms with van der Waals surface area (Å²) < 4.78 is 7.96. The summed E-state index contributed by atoms with van der Waals surface area (Å²) in [4.78, 5) is 17.8. The molecule has 180 valence electrons. The van der Waals surface area contributed by atoms with Crippen molar-refractivity contribution in [2.24, 2.45) is 0 Å². The molecule has 1 aromatic heterocycles. The van der Waals surface area contributed by atoms with E-state index >= 15 is 0 Å². The van der Waals surface area contributed by atoms with Crippen LogP contribution in [0.15, 0.2) is 108 Å². The molecule has 0 saturated heterocycles. The molecule has 1 N–H and O–H groups in total. The lowest BCUT2D eigenvalue weighted by atomic mass is 10.2. The summed E-state index contributed by atoms with van der Waals surface area (Å²) in [5, 5.41) is 4.03. The number of hydrogen-bond acceptors (Lipinski definition) is 4. The first kappa shape index (κ1) is 24.0. The number of hydrogen-bond donors (Lipinski definition) is 1. The zero-order valence-electron chi connectivity index (χ0n) is 19.6. The minimum atomic E-state index is -0.368. The number of benzene rings is 4. The van der Waals surface area contributed by atoms with Crippen LogP contribution in [0.2, 0.25) is 5.02 Å². The third-order valence-electron chi connectivity index (χ3n) is 5.61. The summed E-state index contributed by atoms with van der Waals surface area (Å²) in [6, 6.07) is 32.8. The van der Waals surface area contributed by atoms with E-state index in [9.17, 15) is 4.79 Å². The molecule has 1 amide bonds. The minimum Gasteiger partial charge on any atom is -0.457 e. The number of fused-ring (bicyclic) bond motifs is 1. The Balaban J connectivity index is 1.30. The van der Waals surface area contributed by atoms with Crippen molar-refractivity contribution in [3.05, 3.63) is 114 Å². The van der Waals surface area contributed by atoms with Crippen molar-refractivity contribution in [1.29, 1.82) is 0 Å². The zero-order chi connectivity index (χ0) is 24.9. The quantitative estimate of drug-likeness (QED) is 0.216. The highest BCUT2D eigenvalue weighted by Crippen LogP contribution is 2.30. The van der Waals surface area contributed by atoms with Crippen molar-refractivity contribution in [1.82, 2.24) is 9.55 Å². The first-order chi connectivity index (χ1) is 17.5. The monoisotopic (exact) mass is 513 g/mol. The Bertz CT molecular complexity index is 1470. The van der Waals surface area contributed by atoms with Gasteiger partial charge in [0, 0.05) is 10.7 Å². The SMILES string of the molecule is C[C@@H](Sc1nc2cc(Cl)ccc2n1Cc1ccccc1)C(=O)Nc1ccc(Oc2ccccc2)cc1. The van der Waals surface area contributed by atoms with Gasteiger partial charge in [-0.05, 0) is 67.1 Å². The normalized spacial score (nSPS) is 11.8. The molecule has 4 aromatic carbocycles. The molecule has 1 atom stereocenters. The smallest absolute Gasteiger partial charge is 0.237 e. The van der Waals surface area contributed by atoms with Gasteiger partial charge in [-0.15, -0.1) is 0 Å². The topological polar surface area (TPSA) is 56.2 Å². The summed E-state index contributed by atoms with van der Waals surface area (Å²) in [6.45, 7) is 2.53. The maximum Gasteiger partial charge on any atom is 0.237 e. The fourth-order valence-electron chi connectivity index (χ4n) is 3.78. The van der Waals surface area contributed by atoms with Crippen molar-refractivity contribution in [2.45, 2.75) is 23.9 Å². The molecule has 5 nitrogen and oxygen atoms in total. The summed E-state index contributed by atoms with van der Waals surface area (Å²) in [5.41, 5.74) is 3.65. The summed E-state index contributed by atoms with van der Waals surface area (Å²) in [6.07, 6.45) is 0. The van der Waals surface area contributed by atoms with E-state index < -0.39 is 0 Å². The number of nitrogens with one attached hydrogen (secondary N) is 1. The largest absolute Gasteiger partial charge is 0.457 e. The lowest BCUT2D eigenvalue weighted by Gasteiger charge is -2.14. The number of carbonyl (C=O) groups is 1. The van der Waals surface area contributed by atoms with Crippen LogP contribution < -0.4 is 10.1 Å². The second-order valence-electron chi connectivity index (χ2n) is 8.29. The van der Waals surface area contributed by atoms with E-state index in [-0.39, 0.29) is 11.2 Å². The number of para-hydroxylation sites is 1. The predicted octanol–water partition coefficient (Wildman–Crippen LogP) is 7.65. The van der Waals surface area contributed by atoms with Crippen LogP contribution in [0.1, 0.15) is 12.5 Å². The number of nitrogens with zero attached hydrogens (tertiary/aromatic N) is 2. The molecular weight excluding hydrogens is 490 g/mol. The number of thioether (sulfide) groups is 1. The molecule has 1 heterocycles. The molecular formula is C29H24ClN3O2S. The van der Waals surface area contributed by atoms with E-state index in [1.165, 1.54) is 11.8 Å². The molecule has 0 saturated carbocycles. The lowest BCUT2D eigenvalue weighted by molar-refractivity contribution is -0.115. The molecule has 36 heavy (non-hydrogen) atoms. The Labute approximate surface area is 219 Å². The lowest BCUT2D eigenvalue weighted by Crippen LogP contribution is -2.23. The van der Waals surface area contributed by atoms with Crippen LogP contribution in [-0.2, 0) is 11.3 Å². The van der Waals surface area contributed by atoms with Crippen LogP contribution in [0.4, 0.5) is 5.69 Å². The standard InChI is InChI=1S/C29H24ClN3O2S/c1-20(28(34)31-23-13-15-25(16-14-23)35-24-10-6-3-7-11-24)36-29-32-26-18-22(30)12-17-27(26)33(29)19-21-8-4-2-5-9-21/h2-18,20H,19H2,1H3,(H,31,34)/t20-/m1/s1. The van der Waals surface area contributed by atoms with Crippen LogP contribution in [0.3, 0.4) is 0 Å². The minimum absolute atomic E-state index is 0.104. The summed E-state index contributed by atoms with van der Waals surface area (Å²) in [5.74, 6) is 1.36. The number of halogens is 1. The Kier molecular flexibility index (Phi) is 7.26. The number of aromatic nitrogens is 2. The molecule has 0 spiro atoms. The molecule has 0 fully saturated rings. The Morgan fingerprint density at radius 3 is 2.33 bits per heavy atom. The Morgan fingerprint density at radius 1 is 0.944 bits per heavy atom. The molecule has 5 aromatic rings. The third-order valence-corrected chi connectivity index (χ3v) is 6.94. The maximum absolute atomic E-state index is 13.0. The number of imidazole rings is 1. The number of carbonyl (C=O) groups excluding carboxylic acids is 1. The van der Waals surface area contributed by atoms with Gasteiger partial charge in [-0.25, -0.2) is 4.98 Å². The third kappa shape index (κ3) is 5.73. The average molecular weight is 514 g/mol. The van der Waals surface area contributed by atoms with Crippen molar-refractivity contribution in [2.75, 3.05) is 5.32 Å². The molecule has 0 radical (unpaired) electrons.